The highest BCUT2D eigenvalue weighted by molar-refractivity contribution is 6.03. The molecule has 0 amide bonds. The number of carbonyl (C=O) groups is 1. The summed E-state index contributed by atoms with van der Waals surface area (Å²) < 4.78 is 5.73. The van der Waals surface area contributed by atoms with E-state index in [1.54, 1.807) is 0 Å². The van der Waals surface area contributed by atoms with Crippen LogP contribution in [0.5, 0.6) is 5.75 Å². The minimum atomic E-state index is -0.326. The molecule has 0 spiro atoms. The molecule has 1 saturated carbocycles. The Bertz CT molecular complexity index is 470. The van der Waals surface area contributed by atoms with Crippen LogP contribution in [-0.2, 0) is 0 Å². The minimum Gasteiger partial charge on any atom is -0.490 e. The van der Waals surface area contributed by atoms with E-state index in [1.165, 1.54) is 0 Å². The summed E-state index contributed by atoms with van der Waals surface area (Å²) in [6.45, 7) is 3.09. The Morgan fingerprint density at radius 1 is 1.35 bits per heavy atom. The number of hydrogen-bond acceptors (Lipinski definition) is 3. The molecule has 1 aliphatic heterocycles. The second-order valence-electron chi connectivity index (χ2n) is 6.03. The van der Waals surface area contributed by atoms with Crippen molar-refractivity contribution >= 4 is 5.78 Å². The molecule has 2 fully saturated rings. The van der Waals surface area contributed by atoms with Crippen LogP contribution in [-0.4, -0.2) is 24.0 Å². The third-order valence-electron chi connectivity index (χ3n) is 4.30. The van der Waals surface area contributed by atoms with Gasteiger partial charge in [0.2, 0.25) is 0 Å². The second kappa shape index (κ2) is 5.57. The van der Waals surface area contributed by atoms with E-state index in [0.717, 1.165) is 56.4 Å². The van der Waals surface area contributed by atoms with Gasteiger partial charge in [-0.05, 0) is 62.9 Å². The Labute approximate surface area is 120 Å². The summed E-state index contributed by atoms with van der Waals surface area (Å²) in [4.78, 5) is 12.8. The van der Waals surface area contributed by atoms with Crippen molar-refractivity contribution in [2.24, 2.45) is 0 Å². The fourth-order valence-electron chi connectivity index (χ4n) is 3.09. The number of nitrogens with one attached hydrogen (secondary N) is 1. The fourth-order valence-corrected chi connectivity index (χ4v) is 3.09. The van der Waals surface area contributed by atoms with Crippen LogP contribution in [0.15, 0.2) is 24.3 Å². The maximum Gasteiger partial charge on any atom is 0.182 e. The molecule has 1 unspecified atom stereocenters. The van der Waals surface area contributed by atoms with Gasteiger partial charge in [0.1, 0.15) is 5.75 Å². The first-order valence-electron chi connectivity index (χ1n) is 7.80. The van der Waals surface area contributed by atoms with E-state index in [4.69, 9.17) is 4.74 Å². The fraction of sp³-hybridized carbons (Fsp3) is 0.588. The summed E-state index contributed by atoms with van der Waals surface area (Å²) in [5.41, 5.74) is 0.476. The van der Waals surface area contributed by atoms with Crippen LogP contribution in [0.25, 0.3) is 0 Å². The number of carbonyl (C=O) groups excluding carboxylic acids is 1. The monoisotopic (exact) mass is 273 g/mol. The second-order valence-corrected chi connectivity index (χ2v) is 6.03. The van der Waals surface area contributed by atoms with Crippen LogP contribution in [0, 0.1) is 0 Å². The highest BCUT2D eigenvalue weighted by Crippen LogP contribution is 2.30. The standard InChI is InChI=1S/C17H23NO2/c1-2-10-17(11-3-12-18-17)16(19)13-4-6-14(7-5-13)20-15-8-9-15/h4-7,15,18H,2-3,8-12H2,1H3. The number of benzene rings is 1. The van der Waals surface area contributed by atoms with Crippen molar-refractivity contribution in [3.05, 3.63) is 29.8 Å². The molecular formula is C17H23NO2. The topological polar surface area (TPSA) is 38.3 Å². The molecule has 1 heterocycles. The van der Waals surface area contributed by atoms with Crippen molar-refractivity contribution < 1.29 is 9.53 Å². The Morgan fingerprint density at radius 2 is 2.10 bits per heavy atom. The van der Waals surface area contributed by atoms with E-state index < -0.39 is 0 Å². The molecule has 1 N–H and O–H groups in total. The molecule has 2 aliphatic rings. The normalized spacial score (nSPS) is 25.6. The highest BCUT2D eigenvalue weighted by Gasteiger charge is 2.40. The third kappa shape index (κ3) is 2.73. The van der Waals surface area contributed by atoms with Gasteiger partial charge in [0.25, 0.3) is 0 Å². The van der Waals surface area contributed by atoms with Gasteiger partial charge in [0.15, 0.2) is 5.78 Å². The predicted molar refractivity (Wildman–Crippen MR) is 79.3 cm³/mol. The van der Waals surface area contributed by atoms with Gasteiger partial charge in [-0.2, -0.15) is 0 Å². The van der Waals surface area contributed by atoms with E-state index in [1.807, 2.05) is 24.3 Å². The number of ketones is 1. The number of Topliss-reactive ketones (excluding diaryl/α,β-unsaturated/α-hetero) is 1. The van der Waals surface area contributed by atoms with Crippen LogP contribution in [0.2, 0.25) is 0 Å². The highest BCUT2D eigenvalue weighted by atomic mass is 16.5. The Kier molecular flexibility index (Phi) is 3.79. The van der Waals surface area contributed by atoms with E-state index in [0.29, 0.717) is 6.10 Å². The zero-order valence-corrected chi connectivity index (χ0v) is 12.2. The van der Waals surface area contributed by atoms with Crippen molar-refractivity contribution in [2.75, 3.05) is 6.54 Å². The Balaban J connectivity index is 1.74. The van der Waals surface area contributed by atoms with Crippen LogP contribution < -0.4 is 10.1 Å². The summed E-state index contributed by atoms with van der Waals surface area (Å²) in [6.07, 6.45) is 6.72. The van der Waals surface area contributed by atoms with Gasteiger partial charge in [-0.1, -0.05) is 13.3 Å². The Hall–Kier alpha value is -1.35. The van der Waals surface area contributed by atoms with Crippen LogP contribution in [0.3, 0.4) is 0 Å². The minimum absolute atomic E-state index is 0.245. The van der Waals surface area contributed by atoms with Crippen molar-refractivity contribution in [2.45, 2.75) is 57.1 Å². The third-order valence-corrected chi connectivity index (χ3v) is 4.30. The molecule has 0 aromatic heterocycles. The summed E-state index contributed by atoms with van der Waals surface area (Å²) in [6, 6.07) is 7.69. The van der Waals surface area contributed by atoms with Gasteiger partial charge in [-0.15, -0.1) is 0 Å². The molecule has 1 aromatic rings. The smallest absolute Gasteiger partial charge is 0.182 e. The maximum atomic E-state index is 12.8. The van der Waals surface area contributed by atoms with Gasteiger partial charge in [0.05, 0.1) is 11.6 Å². The molecule has 1 aromatic carbocycles. The number of rotatable bonds is 6. The molecule has 20 heavy (non-hydrogen) atoms. The summed E-state index contributed by atoms with van der Waals surface area (Å²) in [5, 5.41) is 3.45. The summed E-state index contributed by atoms with van der Waals surface area (Å²) in [5.74, 6) is 1.13. The van der Waals surface area contributed by atoms with Crippen LogP contribution in [0.1, 0.15) is 55.8 Å². The average Bonchev–Trinajstić information content (AvgIpc) is 3.15. The van der Waals surface area contributed by atoms with Crippen molar-refractivity contribution in [1.82, 2.24) is 5.32 Å². The van der Waals surface area contributed by atoms with Gasteiger partial charge in [-0.25, -0.2) is 0 Å². The van der Waals surface area contributed by atoms with Crippen molar-refractivity contribution in [3.63, 3.8) is 0 Å². The molecule has 0 radical (unpaired) electrons. The quantitative estimate of drug-likeness (QED) is 0.808. The largest absolute Gasteiger partial charge is 0.490 e. The number of ether oxygens (including phenoxy) is 1. The predicted octanol–water partition coefficient (Wildman–Crippen LogP) is 3.33. The lowest BCUT2D eigenvalue weighted by molar-refractivity contribution is 0.0857. The molecule has 108 valence electrons. The molecule has 1 atom stereocenters. The van der Waals surface area contributed by atoms with Crippen LogP contribution in [0.4, 0.5) is 0 Å². The van der Waals surface area contributed by atoms with Gasteiger partial charge < -0.3 is 10.1 Å². The van der Waals surface area contributed by atoms with Gasteiger partial charge in [-0.3, -0.25) is 4.79 Å². The lowest BCUT2D eigenvalue weighted by Gasteiger charge is -2.27. The molecule has 3 nitrogen and oxygen atoms in total. The summed E-state index contributed by atoms with van der Waals surface area (Å²) in [7, 11) is 0. The first kappa shape index (κ1) is 13.6. The van der Waals surface area contributed by atoms with E-state index in [9.17, 15) is 4.79 Å². The number of hydrogen-bond donors (Lipinski definition) is 1. The lowest BCUT2D eigenvalue weighted by atomic mass is 9.84. The zero-order valence-electron chi connectivity index (χ0n) is 12.2. The SMILES string of the molecule is CCCC1(C(=O)c2ccc(OC3CC3)cc2)CCCN1. The van der Waals surface area contributed by atoms with Crippen molar-refractivity contribution in [3.8, 4) is 5.75 Å². The first-order valence-corrected chi connectivity index (χ1v) is 7.80. The molecule has 1 saturated heterocycles. The van der Waals surface area contributed by atoms with Crippen LogP contribution >= 0.6 is 0 Å². The molecule has 3 heteroatoms. The maximum absolute atomic E-state index is 12.8. The van der Waals surface area contributed by atoms with Gasteiger partial charge in [0, 0.05) is 5.56 Å². The van der Waals surface area contributed by atoms with E-state index >= 15 is 0 Å². The van der Waals surface area contributed by atoms with E-state index in [2.05, 4.69) is 12.2 Å². The molecule has 1 aliphatic carbocycles. The van der Waals surface area contributed by atoms with Gasteiger partial charge >= 0.3 is 0 Å². The Morgan fingerprint density at radius 3 is 2.65 bits per heavy atom. The molecule has 0 bridgehead atoms. The molecule has 3 rings (SSSR count). The summed E-state index contributed by atoms with van der Waals surface area (Å²) >= 11 is 0. The first-order chi connectivity index (χ1) is 9.73. The van der Waals surface area contributed by atoms with Crippen molar-refractivity contribution in [1.29, 1.82) is 0 Å². The molecular weight excluding hydrogens is 250 g/mol. The van der Waals surface area contributed by atoms with E-state index in [-0.39, 0.29) is 11.3 Å². The zero-order chi connectivity index (χ0) is 14.0. The lowest BCUT2D eigenvalue weighted by Crippen LogP contribution is -2.47. The average molecular weight is 273 g/mol.